The third-order valence-electron chi connectivity index (χ3n) is 2.53. The first-order chi connectivity index (χ1) is 10.0. The summed E-state index contributed by atoms with van der Waals surface area (Å²) in [6.07, 6.45) is 2.80. The van der Waals surface area contributed by atoms with Gasteiger partial charge in [0.25, 0.3) is 5.69 Å². The molecule has 0 radical (unpaired) electrons. The minimum absolute atomic E-state index is 0.120. The first-order valence-electron chi connectivity index (χ1n) is 5.94. The van der Waals surface area contributed by atoms with Crippen molar-refractivity contribution in [3.8, 4) is 5.75 Å². The molecule has 0 aromatic heterocycles. The molecule has 0 N–H and O–H groups in total. The summed E-state index contributed by atoms with van der Waals surface area (Å²) in [7, 11) is 0. The summed E-state index contributed by atoms with van der Waals surface area (Å²) < 4.78 is 4.99. The smallest absolute Gasteiger partial charge is 0.336 e. The molecule has 0 aliphatic heterocycles. The van der Waals surface area contributed by atoms with E-state index in [2.05, 4.69) is 0 Å². The number of rotatable bonds is 4. The van der Waals surface area contributed by atoms with Crippen LogP contribution in [0.2, 0.25) is 5.02 Å². The molecule has 0 heterocycles. The summed E-state index contributed by atoms with van der Waals surface area (Å²) in [5.41, 5.74) is 0.650. The van der Waals surface area contributed by atoms with Crippen LogP contribution in [0.5, 0.6) is 5.75 Å². The molecule has 2 rings (SSSR count). The number of esters is 1. The van der Waals surface area contributed by atoms with Crippen LogP contribution < -0.4 is 4.74 Å². The maximum absolute atomic E-state index is 11.6. The van der Waals surface area contributed by atoms with Crippen LogP contribution in [-0.4, -0.2) is 10.9 Å². The second kappa shape index (κ2) is 6.67. The lowest BCUT2D eigenvalue weighted by atomic mass is 10.2. The minimum Gasteiger partial charge on any atom is -0.423 e. The third-order valence-corrected chi connectivity index (χ3v) is 2.78. The molecule has 2 aromatic rings. The van der Waals surface area contributed by atoms with Crippen LogP contribution in [0, 0.1) is 10.1 Å². The molecule has 0 aliphatic rings. The highest BCUT2D eigenvalue weighted by Crippen LogP contribution is 2.19. The maximum Gasteiger partial charge on any atom is 0.336 e. The van der Waals surface area contributed by atoms with E-state index in [1.165, 1.54) is 30.3 Å². The van der Waals surface area contributed by atoms with Crippen molar-refractivity contribution in [1.29, 1.82) is 0 Å². The number of non-ortho nitro benzene ring substituents is 1. The number of nitro groups is 1. The summed E-state index contributed by atoms with van der Waals surface area (Å²) in [6.45, 7) is 0. The number of benzene rings is 2. The van der Waals surface area contributed by atoms with Gasteiger partial charge in [-0.15, -0.1) is 0 Å². The van der Waals surface area contributed by atoms with Crippen molar-refractivity contribution in [2.24, 2.45) is 0 Å². The van der Waals surface area contributed by atoms with Gasteiger partial charge in [0.15, 0.2) is 0 Å². The Labute approximate surface area is 125 Å². The second-order valence-electron chi connectivity index (χ2n) is 4.06. The van der Waals surface area contributed by atoms with Gasteiger partial charge in [0.2, 0.25) is 0 Å². The van der Waals surface area contributed by atoms with Gasteiger partial charge in [-0.3, -0.25) is 10.1 Å². The van der Waals surface area contributed by atoms with E-state index in [9.17, 15) is 14.9 Å². The number of carbonyl (C=O) groups is 1. The molecule has 106 valence electrons. The van der Waals surface area contributed by atoms with Crippen LogP contribution in [0.1, 0.15) is 5.56 Å². The molecule has 0 amide bonds. The molecule has 5 nitrogen and oxygen atoms in total. The predicted octanol–water partition coefficient (Wildman–Crippen LogP) is 3.87. The predicted molar refractivity (Wildman–Crippen MR) is 79.2 cm³/mol. The fourth-order valence-corrected chi connectivity index (χ4v) is 1.67. The summed E-state index contributed by atoms with van der Waals surface area (Å²) in [5, 5.41) is 11.2. The molecule has 2 aromatic carbocycles. The van der Waals surface area contributed by atoms with E-state index in [4.69, 9.17) is 16.3 Å². The quantitative estimate of drug-likeness (QED) is 0.283. The van der Waals surface area contributed by atoms with Crippen molar-refractivity contribution in [3.63, 3.8) is 0 Å². The molecule has 0 fully saturated rings. The van der Waals surface area contributed by atoms with E-state index in [0.717, 1.165) is 5.56 Å². The van der Waals surface area contributed by atoms with Gasteiger partial charge in [-0.05, 0) is 29.8 Å². The lowest BCUT2D eigenvalue weighted by Gasteiger charge is -2.00. The Kier molecular flexibility index (Phi) is 4.68. The van der Waals surface area contributed by atoms with Crippen LogP contribution >= 0.6 is 11.6 Å². The van der Waals surface area contributed by atoms with Crippen molar-refractivity contribution in [2.75, 3.05) is 0 Å². The zero-order valence-electron chi connectivity index (χ0n) is 10.7. The SMILES string of the molecule is O=C(/C=C/c1ccc(Cl)cc1)Oc1cccc([N+](=O)[O-])c1. The highest BCUT2D eigenvalue weighted by atomic mass is 35.5. The Morgan fingerprint density at radius 1 is 1.19 bits per heavy atom. The Bertz CT molecular complexity index is 695. The molecular weight excluding hydrogens is 294 g/mol. The van der Waals surface area contributed by atoms with Gasteiger partial charge in [0, 0.05) is 17.2 Å². The minimum atomic E-state index is -0.620. The monoisotopic (exact) mass is 303 g/mol. The average molecular weight is 304 g/mol. The summed E-state index contributed by atoms with van der Waals surface area (Å²) in [4.78, 5) is 21.7. The van der Waals surface area contributed by atoms with Crippen molar-refractivity contribution < 1.29 is 14.5 Å². The Morgan fingerprint density at radius 3 is 2.57 bits per heavy atom. The second-order valence-corrected chi connectivity index (χ2v) is 4.50. The van der Waals surface area contributed by atoms with Gasteiger partial charge in [-0.1, -0.05) is 29.8 Å². The number of nitrogens with zero attached hydrogens (tertiary/aromatic N) is 1. The first-order valence-corrected chi connectivity index (χ1v) is 6.32. The van der Waals surface area contributed by atoms with Gasteiger partial charge in [-0.25, -0.2) is 4.79 Å². The van der Waals surface area contributed by atoms with E-state index in [-0.39, 0.29) is 11.4 Å². The largest absolute Gasteiger partial charge is 0.423 e. The van der Waals surface area contributed by atoms with Crippen LogP contribution in [0.3, 0.4) is 0 Å². The summed E-state index contributed by atoms with van der Waals surface area (Å²) in [5.74, 6) is -0.500. The molecule has 0 bridgehead atoms. The Hall–Kier alpha value is -2.66. The standard InChI is InChI=1S/C15H10ClNO4/c16-12-7-4-11(5-8-12)6-9-15(18)21-14-3-1-2-13(10-14)17(19)20/h1-10H/b9-6+. The van der Waals surface area contributed by atoms with Crippen LogP contribution in [0.4, 0.5) is 5.69 Å². The lowest BCUT2D eigenvalue weighted by molar-refractivity contribution is -0.384. The number of hydrogen-bond donors (Lipinski definition) is 0. The van der Waals surface area contributed by atoms with E-state index >= 15 is 0 Å². The normalized spacial score (nSPS) is 10.5. The molecule has 21 heavy (non-hydrogen) atoms. The third kappa shape index (κ3) is 4.43. The molecule has 6 heteroatoms. The van der Waals surface area contributed by atoms with E-state index in [1.807, 2.05) is 0 Å². The van der Waals surface area contributed by atoms with Crippen LogP contribution in [-0.2, 0) is 4.79 Å². The zero-order chi connectivity index (χ0) is 15.2. The molecule has 0 saturated carbocycles. The summed E-state index contributed by atoms with van der Waals surface area (Å²) >= 11 is 5.75. The van der Waals surface area contributed by atoms with E-state index in [0.29, 0.717) is 5.02 Å². The van der Waals surface area contributed by atoms with Crippen molar-refractivity contribution in [2.45, 2.75) is 0 Å². The zero-order valence-corrected chi connectivity index (χ0v) is 11.5. The van der Waals surface area contributed by atoms with Crippen LogP contribution in [0.25, 0.3) is 6.08 Å². The fourth-order valence-electron chi connectivity index (χ4n) is 1.55. The van der Waals surface area contributed by atoms with Gasteiger partial charge in [0.1, 0.15) is 5.75 Å². The number of hydrogen-bond acceptors (Lipinski definition) is 4. The number of ether oxygens (including phenoxy) is 1. The van der Waals surface area contributed by atoms with E-state index < -0.39 is 10.9 Å². The van der Waals surface area contributed by atoms with Crippen molar-refractivity contribution in [3.05, 3.63) is 75.3 Å². The first kappa shape index (κ1) is 14.7. The highest BCUT2D eigenvalue weighted by molar-refractivity contribution is 6.30. The number of carbonyl (C=O) groups excluding carboxylic acids is 1. The van der Waals surface area contributed by atoms with Gasteiger partial charge in [-0.2, -0.15) is 0 Å². The number of halogens is 1. The molecule has 0 aliphatic carbocycles. The fraction of sp³-hybridized carbons (Fsp3) is 0. The summed E-state index contributed by atoms with van der Waals surface area (Å²) in [6, 6.07) is 12.3. The highest BCUT2D eigenvalue weighted by Gasteiger charge is 2.08. The lowest BCUT2D eigenvalue weighted by Crippen LogP contribution is -2.03. The maximum atomic E-state index is 11.6. The van der Waals surface area contributed by atoms with Gasteiger partial charge >= 0.3 is 5.97 Å². The molecule has 0 unspecified atom stereocenters. The molecular formula is C15H10ClNO4. The average Bonchev–Trinajstić information content (AvgIpc) is 2.47. The topological polar surface area (TPSA) is 69.4 Å². The van der Waals surface area contributed by atoms with Crippen molar-refractivity contribution in [1.82, 2.24) is 0 Å². The Balaban J connectivity index is 2.03. The van der Waals surface area contributed by atoms with E-state index in [1.54, 1.807) is 30.3 Å². The molecule has 0 saturated heterocycles. The van der Waals surface area contributed by atoms with Gasteiger partial charge < -0.3 is 4.74 Å². The Morgan fingerprint density at radius 2 is 1.90 bits per heavy atom. The van der Waals surface area contributed by atoms with Crippen molar-refractivity contribution >= 4 is 29.3 Å². The van der Waals surface area contributed by atoms with Gasteiger partial charge in [0.05, 0.1) is 11.0 Å². The number of nitro benzene ring substituents is 1. The van der Waals surface area contributed by atoms with Crippen LogP contribution in [0.15, 0.2) is 54.6 Å². The molecule has 0 atom stereocenters. The molecule has 0 spiro atoms.